The van der Waals surface area contributed by atoms with E-state index in [-0.39, 0.29) is 42.8 Å². The summed E-state index contributed by atoms with van der Waals surface area (Å²) >= 11 is 0. The van der Waals surface area contributed by atoms with Gasteiger partial charge in [-0.3, -0.25) is 20.4 Å². The zero-order chi connectivity index (χ0) is 21.6. The predicted octanol–water partition coefficient (Wildman–Crippen LogP) is 3.35. The van der Waals surface area contributed by atoms with Crippen molar-refractivity contribution >= 4 is 22.6 Å². The van der Waals surface area contributed by atoms with Crippen molar-refractivity contribution in [1.29, 1.82) is 0 Å². The van der Waals surface area contributed by atoms with Gasteiger partial charge < -0.3 is 4.52 Å². The largest absolute Gasteiger partial charge is 0.339 e. The summed E-state index contributed by atoms with van der Waals surface area (Å²) in [5, 5.41) is 5.88. The van der Waals surface area contributed by atoms with Crippen LogP contribution in [0.15, 0.2) is 71.3 Å². The van der Waals surface area contributed by atoms with Gasteiger partial charge in [-0.15, -0.1) is 0 Å². The molecule has 31 heavy (non-hydrogen) atoms. The van der Waals surface area contributed by atoms with Crippen molar-refractivity contribution in [2.24, 2.45) is 0 Å². The molecule has 0 bridgehead atoms. The minimum absolute atomic E-state index is 0.0552. The number of benzene rings is 3. The van der Waals surface area contributed by atoms with Gasteiger partial charge in [0.25, 0.3) is 0 Å². The van der Waals surface area contributed by atoms with Gasteiger partial charge in [0.05, 0.1) is 6.42 Å². The summed E-state index contributed by atoms with van der Waals surface area (Å²) in [5.74, 6) is -0.462. The highest BCUT2D eigenvalue weighted by Gasteiger charge is 2.12. The molecule has 7 nitrogen and oxygen atoms in total. The Morgan fingerprint density at radius 3 is 2.48 bits per heavy atom. The highest BCUT2D eigenvalue weighted by molar-refractivity contribution is 5.90. The second-order valence-corrected chi connectivity index (χ2v) is 6.93. The average Bonchev–Trinajstić information content (AvgIpc) is 3.26. The SMILES string of the molecule is O=C(CCc1nc(-c2ccc(F)cc2)no1)NNC(=O)Cc1cccc2ccccc12. The third-order valence-electron chi connectivity index (χ3n) is 4.71. The summed E-state index contributed by atoms with van der Waals surface area (Å²) in [4.78, 5) is 28.5. The zero-order valence-electron chi connectivity index (χ0n) is 16.5. The third-order valence-corrected chi connectivity index (χ3v) is 4.71. The number of hydrogen-bond acceptors (Lipinski definition) is 5. The predicted molar refractivity (Wildman–Crippen MR) is 112 cm³/mol. The van der Waals surface area contributed by atoms with E-state index >= 15 is 0 Å². The third kappa shape index (κ3) is 5.11. The van der Waals surface area contributed by atoms with Gasteiger partial charge in [0.15, 0.2) is 0 Å². The van der Waals surface area contributed by atoms with Crippen molar-refractivity contribution in [3.63, 3.8) is 0 Å². The molecule has 0 unspecified atom stereocenters. The van der Waals surface area contributed by atoms with Gasteiger partial charge in [0, 0.05) is 18.4 Å². The number of halogens is 1. The Balaban J connectivity index is 1.26. The van der Waals surface area contributed by atoms with Crippen LogP contribution in [0.5, 0.6) is 0 Å². The number of carbonyl (C=O) groups excluding carboxylic acids is 2. The van der Waals surface area contributed by atoms with E-state index in [1.807, 2.05) is 42.5 Å². The molecular formula is C23H19FN4O3. The summed E-state index contributed by atoms with van der Waals surface area (Å²) in [6, 6.07) is 19.3. The first-order valence-corrected chi connectivity index (χ1v) is 9.71. The summed E-state index contributed by atoms with van der Waals surface area (Å²) < 4.78 is 18.1. The molecule has 3 aromatic carbocycles. The van der Waals surface area contributed by atoms with Crippen LogP contribution in [0.25, 0.3) is 22.2 Å². The van der Waals surface area contributed by atoms with E-state index in [0.29, 0.717) is 11.4 Å². The number of fused-ring (bicyclic) bond motifs is 1. The Morgan fingerprint density at radius 1 is 0.903 bits per heavy atom. The summed E-state index contributed by atoms with van der Waals surface area (Å²) in [5.41, 5.74) is 6.31. The lowest BCUT2D eigenvalue weighted by atomic mass is 10.0. The van der Waals surface area contributed by atoms with E-state index in [9.17, 15) is 14.0 Å². The fourth-order valence-electron chi connectivity index (χ4n) is 3.16. The molecule has 8 heteroatoms. The summed E-state index contributed by atoms with van der Waals surface area (Å²) in [6.45, 7) is 0. The average molecular weight is 418 g/mol. The van der Waals surface area contributed by atoms with Crippen molar-refractivity contribution in [2.75, 3.05) is 0 Å². The standard InChI is InChI=1S/C23H19FN4O3/c24-18-10-8-16(9-11-18)23-25-22(31-28-23)13-12-20(29)26-27-21(30)14-17-6-3-5-15-4-1-2-7-19(15)17/h1-11H,12-14H2,(H,26,29)(H,27,30). The number of aromatic nitrogens is 2. The van der Waals surface area contributed by atoms with Gasteiger partial charge in [0.2, 0.25) is 23.5 Å². The Bertz CT molecular complexity index is 1220. The monoisotopic (exact) mass is 418 g/mol. The molecule has 0 saturated heterocycles. The number of hydrogen-bond donors (Lipinski definition) is 2. The molecule has 0 aliphatic rings. The second kappa shape index (κ2) is 9.17. The Kier molecular flexibility index (Phi) is 5.98. The van der Waals surface area contributed by atoms with Crippen LogP contribution in [-0.4, -0.2) is 22.0 Å². The fraction of sp³-hybridized carbons (Fsp3) is 0.130. The zero-order valence-corrected chi connectivity index (χ0v) is 16.5. The lowest BCUT2D eigenvalue weighted by Crippen LogP contribution is -2.42. The van der Waals surface area contributed by atoms with Gasteiger partial charge in [0.1, 0.15) is 5.82 Å². The molecule has 4 rings (SSSR count). The van der Waals surface area contributed by atoms with Gasteiger partial charge in [-0.2, -0.15) is 4.98 Å². The molecule has 0 atom stereocenters. The van der Waals surface area contributed by atoms with Crippen LogP contribution in [-0.2, 0) is 22.4 Å². The second-order valence-electron chi connectivity index (χ2n) is 6.93. The Morgan fingerprint density at radius 2 is 1.65 bits per heavy atom. The number of amides is 2. The number of rotatable bonds is 6. The van der Waals surface area contributed by atoms with Gasteiger partial charge in [-0.05, 0) is 40.6 Å². The van der Waals surface area contributed by atoms with Gasteiger partial charge in [-0.1, -0.05) is 47.6 Å². The first-order valence-electron chi connectivity index (χ1n) is 9.71. The molecule has 0 aliphatic heterocycles. The Hall–Kier alpha value is -4.07. The van der Waals surface area contributed by atoms with E-state index in [0.717, 1.165) is 16.3 Å². The number of carbonyl (C=O) groups is 2. The molecule has 2 N–H and O–H groups in total. The highest BCUT2D eigenvalue weighted by atomic mass is 19.1. The molecule has 0 fully saturated rings. The molecule has 0 spiro atoms. The van der Waals surface area contributed by atoms with Crippen LogP contribution < -0.4 is 10.9 Å². The van der Waals surface area contributed by atoms with E-state index < -0.39 is 0 Å². The van der Waals surface area contributed by atoms with Crippen molar-refractivity contribution in [3.8, 4) is 11.4 Å². The molecule has 0 radical (unpaired) electrons. The smallest absolute Gasteiger partial charge is 0.242 e. The van der Waals surface area contributed by atoms with Crippen LogP contribution in [0.1, 0.15) is 17.9 Å². The number of nitrogens with zero attached hydrogens (tertiary/aromatic N) is 2. The van der Waals surface area contributed by atoms with Crippen LogP contribution in [0.3, 0.4) is 0 Å². The minimum atomic E-state index is -0.382. The highest BCUT2D eigenvalue weighted by Crippen LogP contribution is 2.19. The quantitative estimate of drug-likeness (QED) is 0.468. The van der Waals surface area contributed by atoms with Crippen molar-refractivity contribution < 1.29 is 18.5 Å². The van der Waals surface area contributed by atoms with Crippen LogP contribution in [0, 0.1) is 5.82 Å². The maximum atomic E-state index is 13.0. The van der Waals surface area contributed by atoms with Crippen molar-refractivity contribution in [3.05, 3.63) is 84.0 Å². The first-order chi connectivity index (χ1) is 15.1. The molecule has 156 valence electrons. The van der Waals surface area contributed by atoms with Crippen LogP contribution >= 0.6 is 0 Å². The number of aryl methyl sites for hydroxylation is 1. The molecule has 2 amide bonds. The van der Waals surface area contributed by atoms with E-state index in [2.05, 4.69) is 21.0 Å². The molecule has 0 aliphatic carbocycles. The lowest BCUT2D eigenvalue weighted by Gasteiger charge is -2.09. The maximum absolute atomic E-state index is 13.0. The topological polar surface area (TPSA) is 97.1 Å². The molecule has 0 saturated carbocycles. The molecular weight excluding hydrogens is 399 g/mol. The summed E-state index contributed by atoms with van der Waals surface area (Å²) in [6.07, 6.45) is 0.408. The van der Waals surface area contributed by atoms with E-state index in [4.69, 9.17) is 4.52 Å². The minimum Gasteiger partial charge on any atom is -0.339 e. The normalized spacial score (nSPS) is 10.7. The number of hydrazine groups is 1. The van der Waals surface area contributed by atoms with Crippen molar-refractivity contribution in [1.82, 2.24) is 21.0 Å². The maximum Gasteiger partial charge on any atom is 0.242 e. The van der Waals surface area contributed by atoms with Gasteiger partial charge in [-0.25, -0.2) is 4.39 Å². The van der Waals surface area contributed by atoms with Crippen LogP contribution in [0.2, 0.25) is 0 Å². The van der Waals surface area contributed by atoms with Gasteiger partial charge >= 0.3 is 0 Å². The lowest BCUT2D eigenvalue weighted by molar-refractivity contribution is -0.128. The summed E-state index contributed by atoms with van der Waals surface area (Å²) in [7, 11) is 0. The fourth-order valence-corrected chi connectivity index (χ4v) is 3.16. The number of nitrogens with one attached hydrogen (secondary N) is 2. The van der Waals surface area contributed by atoms with E-state index in [1.165, 1.54) is 12.1 Å². The molecule has 1 heterocycles. The van der Waals surface area contributed by atoms with Crippen molar-refractivity contribution in [2.45, 2.75) is 19.3 Å². The first kappa shape index (κ1) is 20.2. The molecule has 4 aromatic rings. The Labute approximate surface area is 177 Å². The van der Waals surface area contributed by atoms with Crippen LogP contribution in [0.4, 0.5) is 4.39 Å². The molecule has 1 aromatic heterocycles. The van der Waals surface area contributed by atoms with E-state index in [1.54, 1.807) is 12.1 Å².